The van der Waals surface area contributed by atoms with Crippen LogP contribution in [0.5, 0.6) is 5.75 Å². The van der Waals surface area contributed by atoms with Gasteiger partial charge in [-0.1, -0.05) is 36.4 Å². The Morgan fingerprint density at radius 1 is 1.29 bits per heavy atom. The fourth-order valence-electron chi connectivity index (χ4n) is 4.12. The third-order valence-corrected chi connectivity index (χ3v) is 8.08. The molecule has 1 aliphatic heterocycles. The minimum atomic E-state index is -4.30. The van der Waals surface area contributed by atoms with Gasteiger partial charge in [0.1, 0.15) is 29.6 Å². The molecule has 2 heterocycles. The largest absolute Gasteiger partial charge is 0.468 e. The highest BCUT2D eigenvalue weighted by molar-refractivity contribution is 7.71. The lowest BCUT2D eigenvalue weighted by molar-refractivity contribution is -0.142. The molecule has 0 saturated carbocycles. The van der Waals surface area contributed by atoms with Gasteiger partial charge in [-0.15, -0.1) is 0 Å². The number of fused-ring (bicyclic) bond motifs is 1. The van der Waals surface area contributed by atoms with E-state index >= 15 is 0 Å². The molecule has 3 aromatic rings. The molecule has 1 aromatic heterocycles. The van der Waals surface area contributed by atoms with Crippen LogP contribution < -0.4 is 15.2 Å². The summed E-state index contributed by atoms with van der Waals surface area (Å²) in [4.78, 5) is 26.0. The van der Waals surface area contributed by atoms with E-state index in [-0.39, 0.29) is 10.5 Å². The highest BCUT2D eigenvalue weighted by atomic mass is 32.1. The Kier molecular flexibility index (Phi) is 8.19. The lowest BCUT2D eigenvalue weighted by Gasteiger charge is -2.28. The van der Waals surface area contributed by atoms with Gasteiger partial charge in [0, 0.05) is 17.6 Å². The number of carbonyl (C=O) groups excluding carboxylic acids is 1. The zero-order chi connectivity index (χ0) is 27.7. The van der Waals surface area contributed by atoms with E-state index < -0.39 is 56.0 Å². The van der Waals surface area contributed by atoms with E-state index in [4.69, 9.17) is 30.7 Å². The van der Waals surface area contributed by atoms with E-state index in [1.165, 1.54) is 37.8 Å². The van der Waals surface area contributed by atoms with Crippen molar-refractivity contribution in [1.82, 2.24) is 14.6 Å². The molecule has 4 N–H and O–H groups in total. The Bertz CT molecular complexity index is 1490. The van der Waals surface area contributed by atoms with Gasteiger partial charge in [0.05, 0.1) is 13.7 Å². The summed E-state index contributed by atoms with van der Waals surface area (Å²) in [5.74, 6) is -0.476. The number of aliphatic hydroxyl groups is 2. The average molecular weight is 566 g/mol. The number of nitrogens with zero attached hydrogens (tertiary/aromatic N) is 1. The van der Waals surface area contributed by atoms with E-state index in [0.717, 1.165) is 5.39 Å². The predicted octanol–water partition coefficient (Wildman–Crippen LogP) is 2.42. The number of aromatic amines is 1. The summed E-state index contributed by atoms with van der Waals surface area (Å²) < 4.78 is 37.2. The number of benzene rings is 2. The highest BCUT2D eigenvalue weighted by Crippen LogP contribution is 2.48. The summed E-state index contributed by atoms with van der Waals surface area (Å²) >= 11 is 5.16. The van der Waals surface area contributed by atoms with Crippen molar-refractivity contribution in [3.05, 3.63) is 69.9 Å². The number of hydrogen-bond acceptors (Lipinski definition) is 10. The number of H-pyrrole nitrogens is 1. The lowest BCUT2D eigenvalue weighted by Crippen LogP contribution is -2.45. The Labute approximate surface area is 222 Å². The third-order valence-electron chi connectivity index (χ3n) is 6.14. The molecular formula is C24H28N3O9PS. The molecule has 204 valence electrons. The number of nitrogens with one attached hydrogen (secondary N) is 2. The van der Waals surface area contributed by atoms with Crippen molar-refractivity contribution in [3.8, 4) is 5.75 Å². The van der Waals surface area contributed by atoms with Gasteiger partial charge < -0.3 is 24.2 Å². The highest BCUT2D eigenvalue weighted by Gasteiger charge is 2.53. The first-order valence-electron chi connectivity index (χ1n) is 11.6. The summed E-state index contributed by atoms with van der Waals surface area (Å²) in [6.07, 6.45) is -2.57. The number of ether oxygens (including phenoxy) is 2. The predicted molar refractivity (Wildman–Crippen MR) is 139 cm³/mol. The van der Waals surface area contributed by atoms with Crippen LogP contribution in [0, 0.1) is 4.77 Å². The summed E-state index contributed by atoms with van der Waals surface area (Å²) in [5.41, 5.74) is -2.31. The molecule has 1 fully saturated rings. The van der Waals surface area contributed by atoms with Crippen LogP contribution in [0.1, 0.15) is 20.1 Å². The first-order chi connectivity index (χ1) is 17.9. The van der Waals surface area contributed by atoms with Crippen LogP contribution in [-0.2, 0) is 23.4 Å². The van der Waals surface area contributed by atoms with Crippen molar-refractivity contribution in [1.29, 1.82) is 0 Å². The Hall–Kier alpha value is -2.90. The van der Waals surface area contributed by atoms with Crippen LogP contribution in [0.4, 0.5) is 0 Å². The molecule has 14 heteroatoms. The van der Waals surface area contributed by atoms with E-state index in [2.05, 4.69) is 10.1 Å². The van der Waals surface area contributed by atoms with Crippen LogP contribution in [0.3, 0.4) is 0 Å². The Morgan fingerprint density at radius 3 is 2.71 bits per heavy atom. The van der Waals surface area contributed by atoms with E-state index in [9.17, 15) is 24.4 Å². The second-order valence-corrected chi connectivity index (χ2v) is 11.0. The Balaban J connectivity index is 1.60. The third kappa shape index (κ3) is 5.74. The van der Waals surface area contributed by atoms with Crippen LogP contribution in [-0.4, -0.2) is 63.3 Å². The lowest BCUT2D eigenvalue weighted by atomic mass is 9.96. The van der Waals surface area contributed by atoms with E-state index in [1.807, 2.05) is 18.2 Å². The first kappa shape index (κ1) is 28.1. The van der Waals surface area contributed by atoms with Crippen molar-refractivity contribution < 1.29 is 38.1 Å². The van der Waals surface area contributed by atoms with Crippen molar-refractivity contribution in [2.24, 2.45) is 0 Å². The fourth-order valence-corrected chi connectivity index (χ4v) is 5.90. The summed E-state index contributed by atoms with van der Waals surface area (Å²) in [6.45, 7) is 2.25. The van der Waals surface area contributed by atoms with Gasteiger partial charge in [0.2, 0.25) is 0 Å². The molecule has 12 nitrogen and oxygen atoms in total. The molecule has 2 unspecified atom stereocenters. The van der Waals surface area contributed by atoms with Crippen LogP contribution in [0.2, 0.25) is 0 Å². The number of aliphatic hydroxyl groups excluding tert-OH is 1. The normalized spacial score (nSPS) is 25.6. The number of rotatable bonds is 9. The average Bonchev–Trinajstić information content (AvgIpc) is 3.10. The van der Waals surface area contributed by atoms with Crippen molar-refractivity contribution in [2.45, 2.75) is 43.9 Å². The summed E-state index contributed by atoms with van der Waals surface area (Å²) in [5, 5.41) is 25.9. The molecule has 0 spiro atoms. The summed E-state index contributed by atoms with van der Waals surface area (Å²) in [6, 6.07) is 12.5. The number of methoxy groups -OCH3 is 1. The number of hydrogen-bond donors (Lipinski definition) is 4. The van der Waals surface area contributed by atoms with Gasteiger partial charge in [-0.3, -0.25) is 23.7 Å². The van der Waals surface area contributed by atoms with Crippen molar-refractivity contribution >= 4 is 36.7 Å². The second-order valence-electron chi connectivity index (χ2n) is 8.95. The molecule has 4 rings (SSSR count). The van der Waals surface area contributed by atoms with Gasteiger partial charge in [0.25, 0.3) is 5.56 Å². The van der Waals surface area contributed by atoms with E-state index in [1.54, 1.807) is 24.3 Å². The minimum Gasteiger partial charge on any atom is -0.468 e. The topological polar surface area (TPSA) is 161 Å². The quantitative estimate of drug-likeness (QED) is 0.171. The zero-order valence-electron chi connectivity index (χ0n) is 20.8. The van der Waals surface area contributed by atoms with Crippen LogP contribution >= 0.6 is 20.0 Å². The maximum atomic E-state index is 13.9. The molecule has 2 aromatic carbocycles. The molecule has 0 radical (unpaired) electrons. The molecule has 0 aliphatic carbocycles. The monoisotopic (exact) mass is 565 g/mol. The fraction of sp³-hybridized carbons (Fsp3) is 0.375. The zero-order valence-corrected chi connectivity index (χ0v) is 22.5. The molecule has 0 amide bonds. The molecule has 1 saturated heterocycles. The maximum Gasteiger partial charge on any atom is 0.459 e. The van der Waals surface area contributed by atoms with Crippen LogP contribution in [0.15, 0.2) is 59.5 Å². The SMILES string of the molecule is COC(=O)[C@H](C)NP(=O)(OC[C@H]1O[C@@H](n2ccc(=O)[nH]c2=S)[C@](C)(O)C1O)Oc1cccc2ccccc12. The first-order valence-corrected chi connectivity index (χ1v) is 13.6. The number of esters is 1. The van der Waals surface area contributed by atoms with Crippen LogP contribution in [0.25, 0.3) is 10.8 Å². The molecule has 6 atom stereocenters. The van der Waals surface area contributed by atoms with E-state index in [0.29, 0.717) is 5.39 Å². The van der Waals surface area contributed by atoms with Gasteiger partial charge in [-0.05, 0) is 37.5 Å². The van der Waals surface area contributed by atoms with Gasteiger partial charge in [0.15, 0.2) is 11.0 Å². The summed E-state index contributed by atoms with van der Waals surface area (Å²) in [7, 11) is -3.11. The molecule has 1 aliphatic rings. The smallest absolute Gasteiger partial charge is 0.459 e. The number of carbonyl (C=O) groups is 1. The maximum absolute atomic E-state index is 13.9. The molecule has 0 bridgehead atoms. The second kappa shape index (κ2) is 11.1. The van der Waals surface area contributed by atoms with Gasteiger partial charge in [-0.2, -0.15) is 5.09 Å². The van der Waals surface area contributed by atoms with Gasteiger partial charge >= 0.3 is 13.7 Å². The minimum absolute atomic E-state index is 0.0323. The molecular weight excluding hydrogens is 537 g/mol. The standard InChI is InChI=1S/C24H28N3O9PS/c1-14(21(30)33-3)26-37(32,36-17-10-6-8-15-7-4-5-9-16(15)17)34-13-18-20(29)24(2,31)22(35-18)27-12-11-19(28)25-23(27)38/h4-12,14,18,20,22,29,31H,13H2,1-3H3,(H,26,32)(H,25,28,38)/t14-,18+,20?,22+,24+,37?/m0/s1. The van der Waals surface area contributed by atoms with Crippen molar-refractivity contribution in [3.63, 3.8) is 0 Å². The Morgan fingerprint density at radius 2 is 2.00 bits per heavy atom. The number of aromatic nitrogens is 2. The molecule has 38 heavy (non-hydrogen) atoms. The van der Waals surface area contributed by atoms with Gasteiger partial charge in [-0.25, -0.2) is 4.57 Å². The van der Waals surface area contributed by atoms with Crippen molar-refractivity contribution in [2.75, 3.05) is 13.7 Å².